The molecule has 1 saturated heterocycles. The fourth-order valence-corrected chi connectivity index (χ4v) is 2.17. The summed E-state index contributed by atoms with van der Waals surface area (Å²) in [5.74, 6) is 0.360. The van der Waals surface area contributed by atoms with Gasteiger partial charge in [-0.15, -0.1) is 0 Å². The third kappa shape index (κ3) is 1.35. The zero-order chi connectivity index (χ0) is 9.19. The van der Waals surface area contributed by atoms with Crippen LogP contribution >= 0.6 is 0 Å². The molecule has 0 atom stereocenters. The lowest BCUT2D eigenvalue weighted by molar-refractivity contribution is -0.145. The molecule has 70 valence electrons. The summed E-state index contributed by atoms with van der Waals surface area (Å²) < 4.78 is 0. The molecule has 0 aliphatic carbocycles. The number of amides is 1. The molecule has 1 fully saturated rings. The molecule has 0 bridgehead atoms. The van der Waals surface area contributed by atoms with Crippen molar-refractivity contribution in [1.82, 2.24) is 4.90 Å². The molecular weight excluding hydrogens is 150 g/mol. The first-order valence-corrected chi connectivity index (χ1v) is 4.92. The van der Waals surface area contributed by atoms with Crippen LogP contribution in [-0.2, 0) is 4.79 Å². The van der Waals surface area contributed by atoms with E-state index in [9.17, 15) is 4.79 Å². The predicted molar refractivity (Wildman–Crippen MR) is 49.9 cm³/mol. The molecule has 0 radical (unpaired) electrons. The monoisotopic (exact) mass is 169 g/mol. The largest absolute Gasteiger partial charge is 0.345 e. The van der Waals surface area contributed by atoms with Crippen molar-refractivity contribution >= 4 is 5.91 Å². The summed E-state index contributed by atoms with van der Waals surface area (Å²) in [5.41, 5.74) is -0.0208. The van der Waals surface area contributed by atoms with Crippen LogP contribution in [0.5, 0.6) is 0 Å². The Morgan fingerprint density at radius 2 is 2.00 bits per heavy atom. The van der Waals surface area contributed by atoms with Crippen molar-refractivity contribution in [3.8, 4) is 0 Å². The first-order chi connectivity index (χ1) is 5.66. The highest BCUT2D eigenvalue weighted by molar-refractivity contribution is 5.83. The highest BCUT2D eigenvalue weighted by Crippen LogP contribution is 2.36. The zero-order valence-electron chi connectivity index (χ0n) is 8.39. The third-order valence-electron chi connectivity index (χ3n) is 3.30. The molecule has 1 heterocycles. The van der Waals surface area contributed by atoms with Crippen molar-refractivity contribution in [3.63, 3.8) is 0 Å². The van der Waals surface area contributed by atoms with Crippen LogP contribution in [0.3, 0.4) is 0 Å². The van der Waals surface area contributed by atoms with E-state index in [1.54, 1.807) is 0 Å². The molecule has 0 aromatic rings. The molecule has 0 spiro atoms. The van der Waals surface area contributed by atoms with Gasteiger partial charge in [0.25, 0.3) is 0 Å². The summed E-state index contributed by atoms with van der Waals surface area (Å²) in [7, 11) is 1.92. The highest BCUT2D eigenvalue weighted by Gasteiger charge is 2.39. The van der Waals surface area contributed by atoms with Gasteiger partial charge >= 0.3 is 0 Å². The Morgan fingerprint density at radius 1 is 1.42 bits per heavy atom. The Balaban J connectivity index is 2.79. The van der Waals surface area contributed by atoms with Gasteiger partial charge in [-0.3, -0.25) is 4.79 Å². The van der Waals surface area contributed by atoms with Crippen molar-refractivity contribution in [2.75, 3.05) is 13.6 Å². The van der Waals surface area contributed by atoms with Gasteiger partial charge in [0.05, 0.1) is 0 Å². The van der Waals surface area contributed by atoms with E-state index in [0.717, 1.165) is 25.8 Å². The molecule has 1 rings (SSSR count). The molecule has 0 N–H and O–H groups in total. The number of nitrogens with zero attached hydrogens (tertiary/aromatic N) is 1. The number of hydrogen-bond acceptors (Lipinski definition) is 1. The Hall–Kier alpha value is -0.530. The number of carbonyl (C=O) groups is 1. The van der Waals surface area contributed by atoms with E-state index in [1.807, 2.05) is 11.9 Å². The van der Waals surface area contributed by atoms with Crippen LogP contribution in [-0.4, -0.2) is 24.4 Å². The lowest BCUT2D eigenvalue weighted by Gasteiger charge is -2.39. The van der Waals surface area contributed by atoms with Gasteiger partial charge in [0.15, 0.2) is 0 Å². The maximum atomic E-state index is 11.8. The van der Waals surface area contributed by atoms with Crippen LogP contribution in [0.2, 0.25) is 0 Å². The van der Waals surface area contributed by atoms with Gasteiger partial charge in [-0.25, -0.2) is 0 Å². The van der Waals surface area contributed by atoms with Crippen molar-refractivity contribution < 1.29 is 4.79 Å². The standard InChI is InChI=1S/C10H19NO/c1-4-10(5-2)7-6-8-11(3)9(10)12/h4-8H2,1-3H3. The highest BCUT2D eigenvalue weighted by atomic mass is 16.2. The molecule has 2 nitrogen and oxygen atoms in total. The van der Waals surface area contributed by atoms with Gasteiger partial charge in [0.2, 0.25) is 5.91 Å². The SMILES string of the molecule is CCC1(CC)CCCN(C)C1=O. The van der Waals surface area contributed by atoms with E-state index in [4.69, 9.17) is 0 Å². The van der Waals surface area contributed by atoms with Gasteiger partial charge in [-0.2, -0.15) is 0 Å². The van der Waals surface area contributed by atoms with Crippen molar-refractivity contribution in [2.45, 2.75) is 39.5 Å². The lowest BCUT2D eigenvalue weighted by atomic mass is 9.75. The first-order valence-electron chi connectivity index (χ1n) is 4.92. The second kappa shape index (κ2) is 3.46. The topological polar surface area (TPSA) is 20.3 Å². The molecule has 12 heavy (non-hydrogen) atoms. The molecule has 2 heteroatoms. The van der Waals surface area contributed by atoms with Crippen LogP contribution in [0.4, 0.5) is 0 Å². The minimum absolute atomic E-state index is 0.0208. The van der Waals surface area contributed by atoms with E-state index in [-0.39, 0.29) is 5.41 Å². The quantitative estimate of drug-likeness (QED) is 0.619. The molecule has 0 unspecified atom stereocenters. The van der Waals surface area contributed by atoms with Gasteiger partial charge in [-0.1, -0.05) is 13.8 Å². The van der Waals surface area contributed by atoms with E-state index in [1.165, 1.54) is 6.42 Å². The molecule has 0 aromatic carbocycles. The number of likely N-dealkylation sites (tertiary alicyclic amines) is 1. The fourth-order valence-electron chi connectivity index (χ4n) is 2.17. The van der Waals surface area contributed by atoms with Crippen LogP contribution in [0.25, 0.3) is 0 Å². The Bertz CT molecular complexity index is 173. The third-order valence-corrected chi connectivity index (χ3v) is 3.30. The van der Waals surface area contributed by atoms with Crippen molar-refractivity contribution in [3.05, 3.63) is 0 Å². The Morgan fingerprint density at radius 3 is 2.42 bits per heavy atom. The summed E-state index contributed by atoms with van der Waals surface area (Å²) in [6.07, 6.45) is 4.24. The number of hydrogen-bond donors (Lipinski definition) is 0. The minimum Gasteiger partial charge on any atom is -0.345 e. The second-order valence-corrected chi connectivity index (χ2v) is 3.82. The summed E-state index contributed by atoms with van der Waals surface area (Å²) >= 11 is 0. The average Bonchev–Trinajstić information content (AvgIpc) is 2.11. The van der Waals surface area contributed by atoms with Gasteiger partial charge in [-0.05, 0) is 25.7 Å². The summed E-state index contributed by atoms with van der Waals surface area (Å²) in [4.78, 5) is 13.7. The van der Waals surface area contributed by atoms with Crippen LogP contribution in [0.1, 0.15) is 39.5 Å². The number of rotatable bonds is 2. The predicted octanol–water partition coefficient (Wildman–Crippen LogP) is 2.04. The van der Waals surface area contributed by atoms with Gasteiger partial charge in [0, 0.05) is 19.0 Å². The van der Waals surface area contributed by atoms with Crippen molar-refractivity contribution in [2.24, 2.45) is 5.41 Å². The molecular formula is C10H19NO. The smallest absolute Gasteiger partial charge is 0.228 e. The van der Waals surface area contributed by atoms with E-state index in [0.29, 0.717) is 5.91 Å². The maximum absolute atomic E-state index is 11.8. The van der Waals surface area contributed by atoms with E-state index < -0.39 is 0 Å². The van der Waals surface area contributed by atoms with Crippen LogP contribution in [0, 0.1) is 5.41 Å². The maximum Gasteiger partial charge on any atom is 0.228 e. The molecule has 0 aromatic heterocycles. The van der Waals surface area contributed by atoms with Gasteiger partial charge in [0.1, 0.15) is 0 Å². The first kappa shape index (κ1) is 9.56. The van der Waals surface area contributed by atoms with Crippen LogP contribution < -0.4 is 0 Å². The van der Waals surface area contributed by atoms with E-state index >= 15 is 0 Å². The fraction of sp³-hybridized carbons (Fsp3) is 0.900. The minimum atomic E-state index is -0.0208. The zero-order valence-corrected chi connectivity index (χ0v) is 8.39. The molecule has 1 amide bonds. The Labute approximate surface area is 74.9 Å². The average molecular weight is 169 g/mol. The molecule has 1 aliphatic rings. The lowest BCUT2D eigenvalue weighted by Crippen LogP contribution is -2.46. The van der Waals surface area contributed by atoms with Crippen LogP contribution in [0.15, 0.2) is 0 Å². The normalized spacial score (nSPS) is 22.9. The summed E-state index contributed by atoms with van der Waals surface area (Å²) in [5, 5.41) is 0. The number of piperidine rings is 1. The van der Waals surface area contributed by atoms with Crippen molar-refractivity contribution in [1.29, 1.82) is 0 Å². The summed E-state index contributed by atoms with van der Waals surface area (Å²) in [6.45, 7) is 5.20. The van der Waals surface area contributed by atoms with Gasteiger partial charge < -0.3 is 4.90 Å². The molecule has 1 aliphatic heterocycles. The molecule has 0 saturated carbocycles. The summed E-state index contributed by atoms with van der Waals surface area (Å²) in [6, 6.07) is 0. The van der Waals surface area contributed by atoms with E-state index in [2.05, 4.69) is 13.8 Å². The second-order valence-electron chi connectivity index (χ2n) is 3.82. The Kier molecular flexibility index (Phi) is 2.76. The number of carbonyl (C=O) groups excluding carboxylic acids is 1.